The zero-order chi connectivity index (χ0) is 16.7. The largest absolute Gasteiger partial charge is 0.444 e. The summed E-state index contributed by atoms with van der Waals surface area (Å²) in [5.74, 6) is 2.55. The van der Waals surface area contributed by atoms with Crippen molar-refractivity contribution < 1.29 is 14.3 Å². The van der Waals surface area contributed by atoms with Crippen LogP contribution in [0.5, 0.6) is 0 Å². The number of amides is 1. The van der Waals surface area contributed by atoms with Crippen molar-refractivity contribution in [3.63, 3.8) is 0 Å². The van der Waals surface area contributed by atoms with E-state index in [0.29, 0.717) is 6.04 Å². The van der Waals surface area contributed by atoms with Crippen LogP contribution in [0.25, 0.3) is 0 Å². The molecule has 1 unspecified atom stereocenters. The van der Waals surface area contributed by atoms with Crippen LogP contribution in [0.2, 0.25) is 0 Å². The molecule has 0 bridgehead atoms. The smallest absolute Gasteiger partial charge is 0.410 e. The Morgan fingerprint density at radius 2 is 2.00 bits per heavy atom. The first kappa shape index (κ1) is 18.9. The standard InChI is InChI=1S/C17H32N2O3S/c1-17(2,3)22-16(20)19-9-5-15(6-10-19)21-11-4-8-18-14-7-12-23-13-14/h14-15,18H,4-13H2,1-3H3. The van der Waals surface area contributed by atoms with Gasteiger partial charge in [0.15, 0.2) is 0 Å². The van der Waals surface area contributed by atoms with E-state index in [1.165, 1.54) is 17.9 Å². The van der Waals surface area contributed by atoms with E-state index in [4.69, 9.17) is 9.47 Å². The second-order valence-corrected chi connectivity index (χ2v) is 8.56. The first-order chi connectivity index (χ1) is 10.9. The molecule has 0 spiro atoms. The number of likely N-dealkylation sites (tertiary alicyclic amines) is 1. The van der Waals surface area contributed by atoms with Crippen molar-refractivity contribution >= 4 is 17.9 Å². The molecule has 2 rings (SSSR count). The molecular weight excluding hydrogens is 312 g/mol. The van der Waals surface area contributed by atoms with Gasteiger partial charge < -0.3 is 19.7 Å². The number of rotatable bonds is 6. The third kappa shape index (κ3) is 7.31. The normalized spacial score (nSPS) is 23.3. The van der Waals surface area contributed by atoms with Gasteiger partial charge in [-0.05, 0) is 58.8 Å². The third-order valence-corrected chi connectivity index (χ3v) is 5.29. The number of nitrogens with one attached hydrogen (secondary N) is 1. The number of hydrogen-bond acceptors (Lipinski definition) is 5. The van der Waals surface area contributed by atoms with E-state index in [0.717, 1.165) is 45.5 Å². The fraction of sp³-hybridized carbons (Fsp3) is 0.941. The number of hydrogen-bond donors (Lipinski definition) is 1. The Morgan fingerprint density at radius 3 is 2.61 bits per heavy atom. The van der Waals surface area contributed by atoms with Crippen molar-refractivity contribution in [1.29, 1.82) is 0 Å². The van der Waals surface area contributed by atoms with E-state index in [2.05, 4.69) is 5.32 Å². The van der Waals surface area contributed by atoms with Gasteiger partial charge in [0.05, 0.1) is 6.10 Å². The van der Waals surface area contributed by atoms with Crippen LogP contribution < -0.4 is 5.32 Å². The highest BCUT2D eigenvalue weighted by Gasteiger charge is 2.27. The Kier molecular flexibility index (Phi) is 7.50. The summed E-state index contributed by atoms with van der Waals surface area (Å²) in [6.45, 7) is 9.03. The summed E-state index contributed by atoms with van der Waals surface area (Å²) in [5, 5.41) is 3.59. The van der Waals surface area contributed by atoms with Gasteiger partial charge in [-0.2, -0.15) is 11.8 Å². The van der Waals surface area contributed by atoms with Gasteiger partial charge in [0, 0.05) is 31.5 Å². The number of nitrogens with zero attached hydrogens (tertiary/aromatic N) is 1. The second kappa shape index (κ2) is 9.14. The Bertz CT molecular complexity index is 359. The van der Waals surface area contributed by atoms with Crippen LogP contribution in [0.1, 0.15) is 46.5 Å². The zero-order valence-corrected chi connectivity index (χ0v) is 15.6. The molecule has 2 heterocycles. The number of carbonyl (C=O) groups excluding carboxylic acids is 1. The highest BCUT2D eigenvalue weighted by atomic mass is 32.2. The maximum absolute atomic E-state index is 12.0. The van der Waals surface area contributed by atoms with E-state index in [9.17, 15) is 4.79 Å². The first-order valence-corrected chi connectivity index (χ1v) is 10.0. The van der Waals surface area contributed by atoms with Gasteiger partial charge in [-0.1, -0.05) is 0 Å². The van der Waals surface area contributed by atoms with Gasteiger partial charge in [-0.25, -0.2) is 4.79 Å². The van der Waals surface area contributed by atoms with Crippen molar-refractivity contribution in [1.82, 2.24) is 10.2 Å². The fourth-order valence-corrected chi connectivity index (χ4v) is 4.04. The molecule has 134 valence electrons. The molecule has 2 aliphatic heterocycles. The highest BCUT2D eigenvalue weighted by Crippen LogP contribution is 2.18. The SMILES string of the molecule is CC(C)(C)OC(=O)N1CCC(OCCCNC2CCSC2)CC1. The van der Waals surface area contributed by atoms with Gasteiger partial charge >= 0.3 is 6.09 Å². The van der Waals surface area contributed by atoms with Gasteiger partial charge in [0.25, 0.3) is 0 Å². The molecule has 0 aromatic rings. The minimum Gasteiger partial charge on any atom is -0.444 e. The van der Waals surface area contributed by atoms with Crippen molar-refractivity contribution in [2.45, 2.75) is 64.2 Å². The molecular formula is C17H32N2O3S. The molecule has 0 aromatic carbocycles. The van der Waals surface area contributed by atoms with Crippen molar-refractivity contribution in [3.05, 3.63) is 0 Å². The molecule has 2 saturated heterocycles. The average Bonchev–Trinajstić information content (AvgIpc) is 2.99. The summed E-state index contributed by atoms with van der Waals surface area (Å²) >= 11 is 2.04. The number of piperidine rings is 1. The lowest BCUT2D eigenvalue weighted by Crippen LogP contribution is -2.43. The lowest BCUT2D eigenvalue weighted by molar-refractivity contribution is -0.0117. The van der Waals surface area contributed by atoms with Crippen LogP contribution in [0.15, 0.2) is 0 Å². The molecule has 23 heavy (non-hydrogen) atoms. The van der Waals surface area contributed by atoms with Crippen molar-refractivity contribution in [2.24, 2.45) is 0 Å². The maximum Gasteiger partial charge on any atom is 0.410 e. The molecule has 2 aliphatic rings. The number of ether oxygens (including phenoxy) is 2. The lowest BCUT2D eigenvalue weighted by atomic mass is 10.1. The molecule has 5 nitrogen and oxygen atoms in total. The maximum atomic E-state index is 12.0. The molecule has 0 radical (unpaired) electrons. The fourth-order valence-electron chi connectivity index (χ4n) is 2.86. The van der Waals surface area contributed by atoms with Gasteiger partial charge in [0.1, 0.15) is 5.60 Å². The molecule has 2 fully saturated rings. The molecule has 6 heteroatoms. The summed E-state index contributed by atoms with van der Waals surface area (Å²) in [7, 11) is 0. The summed E-state index contributed by atoms with van der Waals surface area (Å²) in [4.78, 5) is 13.8. The van der Waals surface area contributed by atoms with E-state index in [1.807, 2.05) is 32.5 Å². The molecule has 0 saturated carbocycles. The van der Waals surface area contributed by atoms with Crippen LogP contribution in [0, 0.1) is 0 Å². The van der Waals surface area contributed by atoms with Crippen molar-refractivity contribution in [2.75, 3.05) is 37.7 Å². The van der Waals surface area contributed by atoms with Gasteiger partial charge in [-0.15, -0.1) is 0 Å². The quantitative estimate of drug-likeness (QED) is 0.751. The first-order valence-electron chi connectivity index (χ1n) is 8.85. The summed E-state index contributed by atoms with van der Waals surface area (Å²) in [5.41, 5.74) is -0.421. The van der Waals surface area contributed by atoms with Crippen LogP contribution in [-0.2, 0) is 9.47 Å². The minimum absolute atomic E-state index is 0.199. The lowest BCUT2D eigenvalue weighted by Gasteiger charge is -2.33. The Labute approximate surface area is 144 Å². The monoisotopic (exact) mass is 344 g/mol. The molecule has 1 amide bonds. The Morgan fingerprint density at radius 1 is 1.26 bits per heavy atom. The van der Waals surface area contributed by atoms with E-state index in [-0.39, 0.29) is 12.2 Å². The predicted molar refractivity (Wildman–Crippen MR) is 95.1 cm³/mol. The zero-order valence-electron chi connectivity index (χ0n) is 14.8. The summed E-state index contributed by atoms with van der Waals surface area (Å²) in [6, 6.07) is 0.706. The van der Waals surface area contributed by atoms with Crippen LogP contribution >= 0.6 is 11.8 Å². The topological polar surface area (TPSA) is 50.8 Å². The molecule has 0 aromatic heterocycles. The third-order valence-electron chi connectivity index (χ3n) is 4.13. The number of thioether (sulfide) groups is 1. The van der Waals surface area contributed by atoms with Crippen LogP contribution in [0.4, 0.5) is 4.79 Å². The second-order valence-electron chi connectivity index (χ2n) is 7.41. The molecule has 1 N–H and O–H groups in total. The van der Waals surface area contributed by atoms with Crippen LogP contribution in [0.3, 0.4) is 0 Å². The van der Waals surface area contributed by atoms with Gasteiger partial charge in [0.2, 0.25) is 0 Å². The highest BCUT2D eigenvalue weighted by molar-refractivity contribution is 7.99. The van der Waals surface area contributed by atoms with Crippen LogP contribution in [-0.4, -0.2) is 66.5 Å². The van der Waals surface area contributed by atoms with E-state index >= 15 is 0 Å². The minimum atomic E-state index is -0.421. The number of carbonyl (C=O) groups is 1. The average molecular weight is 345 g/mol. The predicted octanol–water partition coefficient (Wildman–Crippen LogP) is 2.89. The Balaban J connectivity index is 1.51. The van der Waals surface area contributed by atoms with E-state index in [1.54, 1.807) is 4.90 Å². The summed E-state index contributed by atoms with van der Waals surface area (Å²) in [6.07, 6.45) is 4.27. The van der Waals surface area contributed by atoms with E-state index < -0.39 is 5.60 Å². The van der Waals surface area contributed by atoms with Gasteiger partial charge in [-0.3, -0.25) is 0 Å². The molecule has 0 aliphatic carbocycles. The summed E-state index contributed by atoms with van der Waals surface area (Å²) < 4.78 is 11.4. The van der Waals surface area contributed by atoms with Crippen molar-refractivity contribution in [3.8, 4) is 0 Å². The Hall–Kier alpha value is -0.460. The molecule has 1 atom stereocenters.